The fraction of sp³-hybridized carbons (Fsp3) is 0.833. The van der Waals surface area contributed by atoms with Gasteiger partial charge in [0.05, 0.1) is 12.7 Å². The predicted molar refractivity (Wildman–Crippen MR) is 71.4 cm³/mol. The Hall–Kier alpha value is -0.930. The van der Waals surface area contributed by atoms with Crippen LogP contribution in [0.5, 0.6) is 0 Å². The van der Waals surface area contributed by atoms with Gasteiger partial charge in [-0.15, -0.1) is 11.6 Å². The van der Waals surface area contributed by atoms with Gasteiger partial charge < -0.3 is 19.7 Å². The second-order valence-corrected chi connectivity index (χ2v) is 5.76. The molecule has 8 nitrogen and oxygen atoms in total. The number of nitrogens with one attached hydrogen (secondary N) is 1. The maximum Gasteiger partial charge on any atom is 0.328 e. The van der Waals surface area contributed by atoms with Gasteiger partial charge in [-0.25, -0.2) is 4.79 Å². The number of methoxy groups -OCH3 is 1. The second kappa shape index (κ2) is 6.05. The van der Waals surface area contributed by atoms with E-state index < -0.39 is 41.5 Å². The van der Waals surface area contributed by atoms with Crippen LogP contribution in [0.4, 0.5) is 4.79 Å². The Balaban J connectivity index is 2.28. The summed E-state index contributed by atoms with van der Waals surface area (Å²) in [5.41, 5.74) is 0. The molecule has 0 bridgehead atoms. The molecule has 2 fully saturated rings. The molecule has 0 radical (unpaired) electrons. The molecule has 0 aliphatic carbocycles. The summed E-state index contributed by atoms with van der Waals surface area (Å²) in [5.74, 6) is -0.628. The number of carbonyl (C=O) groups is 2. The van der Waals surface area contributed by atoms with Crippen molar-refractivity contribution < 1.29 is 29.3 Å². The van der Waals surface area contributed by atoms with Gasteiger partial charge in [0.1, 0.15) is 12.3 Å². The molecular formula is C12H19ClN2O6. The maximum atomic E-state index is 12.1. The molecule has 5 atom stereocenters. The molecule has 0 spiro atoms. The summed E-state index contributed by atoms with van der Waals surface area (Å²) < 4.78 is 10.7. The van der Waals surface area contributed by atoms with E-state index in [4.69, 9.17) is 26.2 Å². The van der Waals surface area contributed by atoms with Crippen LogP contribution in [0.2, 0.25) is 0 Å². The number of aliphatic hydroxyl groups is 2. The Morgan fingerprint density at radius 3 is 2.71 bits per heavy atom. The Labute approximate surface area is 126 Å². The largest absolute Gasteiger partial charge is 0.394 e. The lowest BCUT2D eigenvalue weighted by molar-refractivity contribution is -0.157. The fourth-order valence-corrected chi connectivity index (χ4v) is 2.91. The van der Waals surface area contributed by atoms with Crippen molar-refractivity contribution >= 4 is 23.5 Å². The third-order valence-electron chi connectivity index (χ3n) is 3.91. The molecule has 120 valence electrons. The third-order valence-corrected chi connectivity index (χ3v) is 4.53. The molecule has 0 aromatic carbocycles. The third kappa shape index (κ3) is 2.62. The molecular weight excluding hydrogens is 304 g/mol. The molecule has 9 heteroatoms. The van der Waals surface area contributed by atoms with Crippen molar-refractivity contribution in [2.45, 2.75) is 49.3 Å². The van der Waals surface area contributed by atoms with Crippen LogP contribution < -0.4 is 5.32 Å². The van der Waals surface area contributed by atoms with Crippen LogP contribution in [0, 0.1) is 0 Å². The van der Waals surface area contributed by atoms with Crippen molar-refractivity contribution in [3.05, 3.63) is 0 Å². The number of carbonyl (C=O) groups excluding carboxylic acids is 2. The zero-order valence-electron chi connectivity index (χ0n) is 11.8. The van der Waals surface area contributed by atoms with Crippen LogP contribution in [0.3, 0.4) is 0 Å². The molecule has 0 saturated carbocycles. The number of halogens is 1. The first-order valence-electron chi connectivity index (χ1n) is 6.68. The lowest BCUT2D eigenvalue weighted by Crippen LogP contribution is -2.70. The van der Waals surface area contributed by atoms with E-state index in [1.54, 1.807) is 6.92 Å². The summed E-state index contributed by atoms with van der Waals surface area (Å²) in [6.45, 7) is 1.33. The topological polar surface area (TPSA) is 108 Å². The van der Waals surface area contributed by atoms with E-state index in [-0.39, 0.29) is 19.4 Å². The molecule has 3 N–H and O–H groups in total. The molecule has 2 aliphatic rings. The van der Waals surface area contributed by atoms with E-state index in [1.165, 1.54) is 7.11 Å². The summed E-state index contributed by atoms with van der Waals surface area (Å²) in [7, 11) is 1.34. The zero-order valence-corrected chi connectivity index (χ0v) is 12.5. The van der Waals surface area contributed by atoms with Gasteiger partial charge in [0.2, 0.25) is 0 Å². The van der Waals surface area contributed by atoms with Crippen molar-refractivity contribution in [2.24, 2.45) is 0 Å². The zero-order chi connectivity index (χ0) is 15.8. The summed E-state index contributed by atoms with van der Waals surface area (Å²) in [4.78, 5) is 23.8. The normalized spacial score (nSPS) is 40.5. The number of ether oxygens (including phenoxy) is 2. The highest BCUT2D eigenvalue weighted by molar-refractivity contribution is 6.37. The Morgan fingerprint density at radius 2 is 2.24 bits per heavy atom. The minimum Gasteiger partial charge on any atom is -0.394 e. The SMILES string of the molecule is CC[C@@]1(Cl)C(=O)NC(=O)N([C@H]2C[C@H](O)[C@@H](CO)O2)[C@H]1OC. The molecule has 2 saturated heterocycles. The van der Waals surface area contributed by atoms with Crippen molar-refractivity contribution in [1.29, 1.82) is 0 Å². The first-order chi connectivity index (χ1) is 9.88. The highest BCUT2D eigenvalue weighted by Crippen LogP contribution is 2.36. The molecule has 3 amide bonds. The first kappa shape index (κ1) is 16.4. The molecule has 0 unspecified atom stereocenters. The van der Waals surface area contributed by atoms with Gasteiger partial charge >= 0.3 is 6.03 Å². The number of alkyl halides is 1. The lowest BCUT2D eigenvalue weighted by Gasteiger charge is -2.45. The molecule has 21 heavy (non-hydrogen) atoms. The van der Waals surface area contributed by atoms with Crippen LogP contribution in [-0.4, -0.2) is 70.3 Å². The molecule has 0 aromatic rings. The maximum absolute atomic E-state index is 12.1. The van der Waals surface area contributed by atoms with Crippen LogP contribution in [0.1, 0.15) is 19.8 Å². The van der Waals surface area contributed by atoms with Crippen molar-refractivity contribution in [3.63, 3.8) is 0 Å². The van der Waals surface area contributed by atoms with E-state index >= 15 is 0 Å². The molecule has 0 aromatic heterocycles. The molecule has 2 heterocycles. The summed E-state index contributed by atoms with van der Waals surface area (Å²) in [5, 5.41) is 21.1. The van der Waals surface area contributed by atoms with Crippen molar-refractivity contribution in [3.8, 4) is 0 Å². The van der Waals surface area contributed by atoms with Crippen molar-refractivity contribution in [1.82, 2.24) is 10.2 Å². The highest BCUT2D eigenvalue weighted by Gasteiger charge is 2.56. The summed E-state index contributed by atoms with van der Waals surface area (Å²) >= 11 is 6.32. The van der Waals surface area contributed by atoms with E-state index in [9.17, 15) is 14.7 Å². The monoisotopic (exact) mass is 322 g/mol. The minimum absolute atomic E-state index is 0.101. The molecule has 2 rings (SSSR count). The van der Waals surface area contributed by atoms with Crippen LogP contribution in [0.15, 0.2) is 0 Å². The number of hydrogen-bond acceptors (Lipinski definition) is 6. The number of aliphatic hydroxyl groups excluding tert-OH is 2. The first-order valence-corrected chi connectivity index (χ1v) is 7.06. The van der Waals surface area contributed by atoms with Gasteiger partial charge in [-0.1, -0.05) is 6.92 Å². The van der Waals surface area contributed by atoms with Gasteiger partial charge in [0, 0.05) is 13.5 Å². The molecule has 2 aliphatic heterocycles. The van der Waals surface area contributed by atoms with Gasteiger partial charge in [0.25, 0.3) is 5.91 Å². The number of amides is 3. The number of nitrogens with zero attached hydrogens (tertiary/aromatic N) is 1. The van der Waals surface area contributed by atoms with Crippen LogP contribution in [-0.2, 0) is 14.3 Å². The van der Waals surface area contributed by atoms with Gasteiger partial charge in [-0.3, -0.25) is 15.0 Å². The second-order valence-electron chi connectivity index (χ2n) is 5.09. The Morgan fingerprint density at radius 1 is 1.57 bits per heavy atom. The number of rotatable bonds is 4. The average Bonchev–Trinajstić information content (AvgIpc) is 2.82. The smallest absolute Gasteiger partial charge is 0.328 e. The number of imide groups is 1. The van der Waals surface area contributed by atoms with Gasteiger partial charge in [0.15, 0.2) is 11.1 Å². The van der Waals surface area contributed by atoms with Gasteiger partial charge in [-0.2, -0.15) is 0 Å². The standard InChI is InChI=1S/C12H19ClN2O6/c1-3-12(13)9(18)14-11(19)15(10(12)20-2)8-4-6(17)7(5-16)21-8/h6-8,10,16-17H,3-5H2,1-2H3,(H,14,18,19)/t6-,7+,8+,10-,12+/m0/s1. The predicted octanol–water partition coefficient (Wildman–Crippen LogP) is -0.634. The summed E-state index contributed by atoms with van der Waals surface area (Å²) in [6.07, 6.45) is -3.22. The van der Waals surface area contributed by atoms with E-state index in [0.717, 1.165) is 4.90 Å². The van der Waals surface area contributed by atoms with Crippen LogP contribution in [0.25, 0.3) is 0 Å². The summed E-state index contributed by atoms with van der Waals surface area (Å²) in [6, 6.07) is -0.702. The average molecular weight is 323 g/mol. The van der Waals surface area contributed by atoms with Crippen molar-refractivity contribution in [2.75, 3.05) is 13.7 Å². The fourth-order valence-electron chi connectivity index (χ4n) is 2.67. The Bertz CT molecular complexity index is 436. The van der Waals surface area contributed by atoms with Gasteiger partial charge in [-0.05, 0) is 6.42 Å². The van der Waals surface area contributed by atoms with E-state index in [0.29, 0.717) is 0 Å². The van der Waals surface area contributed by atoms with E-state index in [1.807, 2.05) is 0 Å². The van der Waals surface area contributed by atoms with Crippen LogP contribution >= 0.6 is 11.6 Å². The highest BCUT2D eigenvalue weighted by atomic mass is 35.5. The minimum atomic E-state index is -1.44. The Kier molecular flexibility index (Phi) is 4.74. The lowest BCUT2D eigenvalue weighted by atomic mass is 9.98. The van der Waals surface area contributed by atoms with E-state index in [2.05, 4.69) is 5.32 Å². The number of hydrogen-bond donors (Lipinski definition) is 3. The number of urea groups is 1. The quantitative estimate of drug-likeness (QED) is 0.595.